The minimum absolute atomic E-state index is 0.249. The Bertz CT molecular complexity index is 1140. The number of halogens is 2. The average molecular weight is 518 g/mol. The largest absolute Gasteiger partial charge is 0.481 e. The van der Waals surface area contributed by atoms with Crippen molar-refractivity contribution in [2.45, 2.75) is 51.2 Å². The number of rotatable bonds is 10. The normalized spacial score (nSPS) is 19.5. The van der Waals surface area contributed by atoms with Gasteiger partial charge in [0, 0.05) is 60.8 Å². The molecule has 198 valence electrons. The lowest BCUT2D eigenvalue weighted by molar-refractivity contribution is -0.138. The molecule has 1 N–H and O–H groups in total. The first kappa shape index (κ1) is 25.2. The number of amides is 2. The van der Waals surface area contributed by atoms with Gasteiger partial charge in [-0.2, -0.15) is 8.78 Å². The minimum atomic E-state index is -3.08. The predicted molar refractivity (Wildman–Crippen MR) is 125 cm³/mol. The van der Waals surface area contributed by atoms with Crippen LogP contribution in [0.5, 0.6) is 6.01 Å². The van der Waals surface area contributed by atoms with Crippen LogP contribution in [0.15, 0.2) is 24.5 Å². The average Bonchev–Trinajstić information content (AvgIpc) is 3.20. The highest BCUT2D eigenvalue weighted by Crippen LogP contribution is 2.36. The van der Waals surface area contributed by atoms with Crippen LogP contribution in [0.25, 0.3) is 0 Å². The summed E-state index contributed by atoms with van der Waals surface area (Å²) >= 11 is 0. The van der Waals surface area contributed by atoms with Gasteiger partial charge in [-0.15, -0.1) is 0 Å². The van der Waals surface area contributed by atoms with E-state index in [2.05, 4.69) is 26.8 Å². The van der Waals surface area contributed by atoms with Gasteiger partial charge < -0.3 is 24.4 Å². The zero-order valence-corrected chi connectivity index (χ0v) is 20.3. The van der Waals surface area contributed by atoms with Crippen molar-refractivity contribution in [3.8, 4) is 6.01 Å². The molecule has 0 aromatic carbocycles. The number of aryl methyl sites for hydroxylation is 2. The van der Waals surface area contributed by atoms with Crippen molar-refractivity contribution < 1.29 is 33.0 Å². The molecular formula is C25H29F2N5O5. The second-order valence-corrected chi connectivity index (χ2v) is 9.97. The molecule has 2 saturated heterocycles. The van der Waals surface area contributed by atoms with E-state index in [1.165, 1.54) is 35.0 Å². The number of fused-ring (bicyclic) bond motifs is 1. The van der Waals surface area contributed by atoms with E-state index in [4.69, 9.17) is 9.72 Å². The van der Waals surface area contributed by atoms with Gasteiger partial charge in [0.1, 0.15) is 0 Å². The first-order valence-corrected chi connectivity index (χ1v) is 12.4. The first-order valence-electron chi connectivity index (χ1n) is 12.4. The van der Waals surface area contributed by atoms with Crippen molar-refractivity contribution >= 4 is 12.0 Å². The van der Waals surface area contributed by atoms with Gasteiger partial charge >= 0.3 is 24.6 Å². The van der Waals surface area contributed by atoms with E-state index in [1.807, 2.05) is 0 Å². The lowest BCUT2D eigenvalue weighted by Gasteiger charge is -2.43. The fraction of sp³-hybridized carbons (Fsp3) is 0.560. The number of carboxylic acid groups (broad SMARTS) is 1. The molecule has 2 fully saturated rings. The lowest BCUT2D eigenvalue weighted by atomic mass is 9.80. The Morgan fingerprint density at radius 2 is 1.92 bits per heavy atom. The van der Waals surface area contributed by atoms with Crippen molar-refractivity contribution in [1.29, 1.82) is 0 Å². The van der Waals surface area contributed by atoms with Gasteiger partial charge in [-0.3, -0.25) is 9.78 Å². The smallest absolute Gasteiger partial charge is 0.389 e. The number of pyridine rings is 1. The van der Waals surface area contributed by atoms with Crippen LogP contribution in [0.3, 0.4) is 0 Å². The zero-order valence-electron chi connectivity index (χ0n) is 20.3. The Balaban J connectivity index is 1.28. The van der Waals surface area contributed by atoms with Gasteiger partial charge in [0.05, 0.1) is 25.7 Å². The molecule has 0 radical (unpaired) electrons. The molecular weight excluding hydrogens is 488 g/mol. The fourth-order valence-electron chi connectivity index (χ4n) is 5.40. The number of carbonyl (C=O) groups is 2. The lowest BCUT2D eigenvalue weighted by Crippen LogP contribution is -2.53. The summed E-state index contributed by atoms with van der Waals surface area (Å²) in [5.74, 6) is -1.11. The number of carboxylic acids is 1. The summed E-state index contributed by atoms with van der Waals surface area (Å²) in [5, 5.41) is 9.47. The number of ether oxygens (including phenoxy) is 2. The van der Waals surface area contributed by atoms with E-state index in [0.717, 1.165) is 25.0 Å². The molecule has 2 aromatic rings. The molecule has 37 heavy (non-hydrogen) atoms. The third-order valence-electron chi connectivity index (χ3n) is 7.23. The Morgan fingerprint density at radius 1 is 1.16 bits per heavy atom. The maximum Gasteiger partial charge on any atom is 0.389 e. The van der Waals surface area contributed by atoms with Crippen LogP contribution in [0.4, 0.5) is 13.6 Å². The van der Waals surface area contributed by atoms with Gasteiger partial charge in [0.15, 0.2) is 0 Å². The van der Waals surface area contributed by atoms with E-state index < -0.39 is 24.6 Å². The van der Waals surface area contributed by atoms with E-state index >= 15 is 0 Å². The summed E-state index contributed by atoms with van der Waals surface area (Å²) in [4.78, 5) is 40.6. The quantitative estimate of drug-likeness (QED) is 0.511. The van der Waals surface area contributed by atoms with Gasteiger partial charge in [-0.1, -0.05) is 6.07 Å². The van der Waals surface area contributed by atoms with E-state index in [9.17, 15) is 23.5 Å². The molecule has 1 aliphatic carbocycles. The van der Waals surface area contributed by atoms with Crippen LogP contribution in [0.2, 0.25) is 0 Å². The SMILES string of the molecule is O=C(O)C[C@@H](c1cnc(OC(F)F)nc1)N1CCN(CC2(Cc3ccc4c(n3)CCCC4)COC2)C1=O. The monoisotopic (exact) mass is 517 g/mol. The number of hydrogen-bond donors (Lipinski definition) is 1. The maximum atomic E-state index is 13.4. The molecule has 0 bridgehead atoms. The molecule has 2 aliphatic heterocycles. The molecule has 2 amide bonds. The zero-order chi connectivity index (χ0) is 26.0. The van der Waals surface area contributed by atoms with Crippen molar-refractivity contribution in [2.75, 3.05) is 32.8 Å². The predicted octanol–water partition coefficient (Wildman–Crippen LogP) is 2.86. The van der Waals surface area contributed by atoms with E-state index in [0.29, 0.717) is 44.8 Å². The summed E-state index contributed by atoms with van der Waals surface area (Å²) < 4.78 is 34.6. The van der Waals surface area contributed by atoms with Crippen LogP contribution in [-0.4, -0.2) is 81.3 Å². The molecule has 0 unspecified atom stereocenters. The molecule has 1 atom stereocenters. The molecule has 10 nitrogen and oxygen atoms in total. The third kappa shape index (κ3) is 5.63. The Labute approximate surface area is 212 Å². The topological polar surface area (TPSA) is 118 Å². The number of carbonyl (C=O) groups excluding carboxylic acids is 1. The summed E-state index contributed by atoms with van der Waals surface area (Å²) in [5.41, 5.74) is 3.58. The molecule has 0 saturated carbocycles. The number of urea groups is 1. The van der Waals surface area contributed by atoms with E-state index in [1.54, 1.807) is 4.90 Å². The van der Waals surface area contributed by atoms with Gasteiger partial charge in [-0.25, -0.2) is 14.8 Å². The van der Waals surface area contributed by atoms with Crippen LogP contribution >= 0.6 is 0 Å². The van der Waals surface area contributed by atoms with Crippen LogP contribution < -0.4 is 4.74 Å². The molecule has 3 aliphatic rings. The van der Waals surface area contributed by atoms with Crippen LogP contribution in [-0.2, 0) is 28.8 Å². The highest BCUT2D eigenvalue weighted by molar-refractivity contribution is 5.78. The molecule has 5 rings (SSSR count). The summed E-state index contributed by atoms with van der Waals surface area (Å²) in [6.07, 6.45) is 7.18. The number of alkyl halides is 2. The van der Waals surface area contributed by atoms with Crippen molar-refractivity contribution in [2.24, 2.45) is 5.41 Å². The van der Waals surface area contributed by atoms with Crippen LogP contribution in [0.1, 0.15) is 47.8 Å². The molecule has 12 heteroatoms. The molecule has 4 heterocycles. The minimum Gasteiger partial charge on any atom is -0.481 e. The molecule has 0 spiro atoms. The Kier molecular flexibility index (Phi) is 7.18. The second-order valence-electron chi connectivity index (χ2n) is 9.97. The summed E-state index contributed by atoms with van der Waals surface area (Å²) in [6.45, 7) is -0.810. The summed E-state index contributed by atoms with van der Waals surface area (Å²) in [7, 11) is 0. The van der Waals surface area contributed by atoms with E-state index in [-0.39, 0.29) is 17.9 Å². The van der Waals surface area contributed by atoms with Crippen molar-refractivity contribution in [1.82, 2.24) is 24.8 Å². The van der Waals surface area contributed by atoms with Crippen molar-refractivity contribution in [3.63, 3.8) is 0 Å². The molecule has 2 aromatic heterocycles. The number of nitrogens with zero attached hydrogens (tertiary/aromatic N) is 5. The highest BCUT2D eigenvalue weighted by Gasteiger charge is 2.45. The second kappa shape index (κ2) is 10.5. The number of hydrogen-bond acceptors (Lipinski definition) is 7. The van der Waals surface area contributed by atoms with Crippen LogP contribution in [0, 0.1) is 5.41 Å². The number of aromatic nitrogens is 3. The van der Waals surface area contributed by atoms with Gasteiger partial charge in [0.25, 0.3) is 0 Å². The van der Waals surface area contributed by atoms with Crippen molar-refractivity contribution in [3.05, 3.63) is 47.0 Å². The van der Waals surface area contributed by atoms with Gasteiger partial charge in [-0.05, 0) is 37.3 Å². The first-order chi connectivity index (χ1) is 17.8. The Hall–Kier alpha value is -3.41. The standard InChI is InChI=1S/C25H29F2N5O5/c26-22(27)37-23-28-11-17(12-29-23)20(9-21(33)34)32-8-7-31(24(32)35)13-25(14-36-15-25)10-18-6-5-16-3-1-2-4-19(16)30-18/h5-6,11-12,20,22H,1-4,7-10,13-15H2,(H,33,34)/t20-/m0/s1. The number of aliphatic carboxylic acids is 1. The van der Waals surface area contributed by atoms with Gasteiger partial charge in [0.2, 0.25) is 0 Å². The fourth-order valence-corrected chi connectivity index (χ4v) is 5.40. The highest BCUT2D eigenvalue weighted by atomic mass is 19.3. The third-order valence-corrected chi connectivity index (χ3v) is 7.23. The Morgan fingerprint density at radius 3 is 2.59 bits per heavy atom. The summed E-state index contributed by atoms with van der Waals surface area (Å²) in [6, 6.07) is 2.59. The maximum absolute atomic E-state index is 13.4.